The largest absolute Gasteiger partial charge is 0.484 e. The SMILES string of the molecule is CCCn1cncc1COc1ccc(C(=O)O)cc1F. The molecular weight excluding hydrogens is 263 g/mol. The van der Waals surface area contributed by atoms with Crippen LogP contribution in [0.1, 0.15) is 29.4 Å². The minimum Gasteiger partial charge on any atom is -0.484 e. The molecule has 0 amide bonds. The molecule has 0 spiro atoms. The number of aryl methyl sites for hydroxylation is 1. The van der Waals surface area contributed by atoms with Crippen LogP contribution in [0.3, 0.4) is 0 Å². The lowest BCUT2D eigenvalue weighted by Gasteiger charge is -2.09. The number of carboxylic acid groups (broad SMARTS) is 1. The predicted octanol–water partition coefficient (Wildman–Crippen LogP) is 2.71. The number of carboxylic acids is 1. The Labute approximate surface area is 115 Å². The molecule has 106 valence electrons. The fourth-order valence-electron chi connectivity index (χ4n) is 1.81. The second-order valence-electron chi connectivity index (χ2n) is 4.32. The third-order valence-corrected chi connectivity index (χ3v) is 2.82. The van der Waals surface area contributed by atoms with Gasteiger partial charge in [0.15, 0.2) is 11.6 Å². The Balaban J connectivity index is 2.07. The van der Waals surface area contributed by atoms with E-state index in [1.54, 1.807) is 12.5 Å². The van der Waals surface area contributed by atoms with Gasteiger partial charge in [0.25, 0.3) is 0 Å². The molecule has 1 aromatic carbocycles. The summed E-state index contributed by atoms with van der Waals surface area (Å²) < 4.78 is 21.0. The third kappa shape index (κ3) is 3.14. The zero-order valence-electron chi connectivity index (χ0n) is 11.0. The third-order valence-electron chi connectivity index (χ3n) is 2.82. The lowest BCUT2D eigenvalue weighted by atomic mass is 10.2. The molecule has 1 aromatic heterocycles. The van der Waals surface area contributed by atoms with Gasteiger partial charge in [-0.3, -0.25) is 0 Å². The fourth-order valence-corrected chi connectivity index (χ4v) is 1.81. The lowest BCUT2D eigenvalue weighted by Crippen LogP contribution is -2.06. The van der Waals surface area contributed by atoms with Crippen molar-refractivity contribution >= 4 is 5.97 Å². The maximum atomic E-state index is 13.7. The molecule has 0 saturated heterocycles. The number of hydrogen-bond acceptors (Lipinski definition) is 3. The Hall–Kier alpha value is -2.37. The number of imidazole rings is 1. The van der Waals surface area contributed by atoms with Gasteiger partial charge in [-0.15, -0.1) is 0 Å². The molecule has 0 bridgehead atoms. The summed E-state index contributed by atoms with van der Waals surface area (Å²) in [5.41, 5.74) is 0.736. The van der Waals surface area contributed by atoms with Crippen molar-refractivity contribution in [1.29, 1.82) is 0 Å². The second-order valence-corrected chi connectivity index (χ2v) is 4.32. The number of hydrogen-bond donors (Lipinski definition) is 1. The lowest BCUT2D eigenvalue weighted by molar-refractivity contribution is 0.0696. The topological polar surface area (TPSA) is 64.4 Å². The van der Waals surface area contributed by atoms with Gasteiger partial charge in [0, 0.05) is 6.54 Å². The average Bonchev–Trinajstić information content (AvgIpc) is 2.85. The molecule has 6 heteroatoms. The summed E-state index contributed by atoms with van der Waals surface area (Å²) in [5, 5.41) is 8.76. The normalized spacial score (nSPS) is 10.5. The van der Waals surface area contributed by atoms with Gasteiger partial charge in [-0.1, -0.05) is 6.92 Å². The van der Waals surface area contributed by atoms with Crippen LogP contribution in [-0.2, 0) is 13.2 Å². The first-order valence-electron chi connectivity index (χ1n) is 6.26. The summed E-state index contributed by atoms with van der Waals surface area (Å²) in [6, 6.07) is 3.57. The first-order valence-corrected chi connectivity index (χ1v) is 6.26. The second kappa shape index (κ2) is 6.18. The summed E-state index contributed by atoms with van der Waals surface area (Å²) in [6.45, 7) is 3.05. The first kappa shape index (κ1) is 14.0. The molecule has 0 radical (unpaired) electrons. The summed E-state index contributed by atoms with van der Waals surface area (Å²) in [4.78, 5) is 14.7. The van der Waals surface area contributed by atoms with Crippen molar-refractivity contribution in [3.8, 4) is 5.75 Å². The van der Waals surface area contributed by atoms with Crippen LogP contribution in [0.5, 0.6) is 5.75 Å². The van der Waals surface area contributed by atoms with Gasteiger partial charge in [0.1, 0.15) is 6.61 Å². The van der Waals surface area contributed by atoms with Crippen LogP contribution in [-0.4, -0.2) is 20.6 Å². The smallest absolute Gasteiger partial charge is 0.335 e. The molecule has 2 rings (SSSR count). The van der Waals surface area contributed by atoms with Crippen LogP contribution in [0.25, 0.3) is 0 Å². The van der Waals surface area contributed by atoms with Gasteiger partial charge in [0.05, 0.1) is 23.8 Å². The van der Waals surface area contributed by atoms with Crippen LogP contribution in [0, 0.1) is 5.82 Å². The van der Waals surface area contributed by atoms with Crippen LogP contribution in [0.2, 0.25) is 0 Å². The number of aromatic carboxylic acids is 1. The maximum Gasteiger partial charge on any atom is 0.335 e. The highest BCUT2D eigenvalue weighted by atomic mass is 19.1. The highest BCUT2D eigenvalue weighted by Gasteiger charge is 2.10. The maximum absolute atomic E-state index is 13.7. The van der Waals surface area contributed by atoms with Crippen molar-refractivity contribution in [3.05, 3.63) is 47.8 Å². The van der Waals surface area contributed by atoms with Crippen LogP contribution in [0.15, 0.2) is 30.7 Å². The minimum atomic E-state index is -1.17. The Morgan fingerprint density at radius 1 is 1.50 bits per heavy atom. The Morgan fingerprint density at radius 3 is 2.95 bits per heavy atom. The standard InChI is InChI=1S/C14H15FN2O3/c1-2-5-17-9-16-7-11(17)8-20-13-4-3-10(14(18)19)6-12(13)15/h3-4,6-7,9H,2,5,8H2,1H3,(H,18,19). The van der Waals surface area contributed by atoms with Gasteiger partial charge in [-0.2, -0.15) is 0 Å². The molecule has 5 nitrogen and oxygen atoms in total. The molecule has 0 atom stereocenters. The summed E-state index contributed by atoms with van der Waals surface area (Å²) in [7, 11) is 0. The molecule has 2 aromatic rings. The molecule has 20 heavy (non-hydrogen) atoms. The van der Waals surface area contributed by atoms with Gasteiger partial charge < -0.3 is 14.4 Å². The van der Waals surface area contributed by atoms with Crippen molar-refractivity contribution in [2.75, 3.05) is 0 Å². The van der Waals surface area contributed by atoms with E-state index in [2.05, 4.69) is 11.9 Å². The van der Waals surface area contributed by atoms with Gasteiger partial charge in [-0.05, 0) is 24.6 Å². The minimum absolute atomic E-state index is 0.0271. The molecule has 0 aliphatic rings. The van der Waals surface area contributed by atoms with Crippen LogP contribution in [0.4, 0.5) is 4.39 Å². The van der Waals surface area contributed by atoms with Gasteiger partial charge in [-0.25, -0.2) is 14.2 Å². The Morgan fingerprint density at radius 2 is 2.30 bits per heavy atom. The summed E-state index contributed by atoms with van der Waals surface area (Å²) in [5.74, 6) is -1.83. The first-order chi connectivity index (χ1) is 9.61. The van der Waals surface area contributed by atoms with E-state index >= 15 is 0 Å². The number of aromatic nitrogens is 2. The molecule has 0 aliphatic carbocycles. The van der Waals surface area contributed by atoms with Crippen molar-refractivity contribution in [1.82, 2.24) is 9.55 Å². The Bertz CT molecular complexity index is 610. The highest BCUT2D eigenvalue weighted by molar-refractivity contribution is 5.87. The van der Waals surface area contributed by atoms with Crippen molar-refractivity contribution < 1.29 is 19.0 Å². The molecule has 0 unspecified atom stereocenters. The van der Waals surface area contributed by atoms with Gasteiger partial charge in [0.2, 0.25) is 0 Å². The quantitative estimate of drug-likeness (QED) is 0.882. The highest BCUT2D eigenvalue weighted by Crippen LogP contribution is 2.19. The molecule has 1 heterocycles. The monoisotopic (exact) mass is 278 g/mol. The van der Waals surface area contributed by atoms with E-state index in [0.717, 1.165) is 24.7 Å². The summed E-state index contributed by atoms with van der Waals surface area (Å²) >= 11 is 0. The van der Waals surface area contributed by atoms with E-state index in [9.17, 15) is 9.18 Å². The van der Waals surface area contributed by atoms with E-state index < -0.39 is 11.8 Å². The van der Waals surface area contributed by atoms with Crippen LogP contribution >= 0.6 is 0 Å². The van der Waals surface area contributed by atoms with Crippen molar-refractivity contribution in [2.24, 2.45) is 0 Å². The zero-order valence-corrected chi connectivity index (χ0v) is 11.0. The number of ether oxygens (including phenoxy) is 1. The van der Waals surface area contributed by atoms with E-state index in [-0.39, 0.29) is 17.9 Å². The van der Waals surface area contributed by atoms with Crippen LogP contribution < -0.4 is 4.74 Å². The zero-order chi connectivity index (χ0) is 14.5. The van der Waals surface area contributed by atoms with Crippen molar-refractivity contribution in [2.45, 2.75) is 26.5 Å². The van der Waals surface area contributed by atoms with E-state index in [1.807, 2.05) is 4.57 Å². The number of benzene rings is 1. The number of halogens is 1. The van der Waals surface area contributed by atoms with E-state index in [1.165, 1.54) is 12.1 Å². The average molecular weight is 278 g/mol. The molecule has 0 aliphatic heterocycles. The number of carbonyl (C=O) groups is 1. The van der Waals surface area contributed by atoms with Crippen molar-refractivity contribution in [3.63, 3.8) is 0 Å². The van der Waals surface area contributed by atoms with Gasteiger partial charge >= 0.3 is 5.97 Å². The Kier molecular flexibility index (Phi) is 4.34. The predicted molar refractivity (Wildman–Crippen MR) is 70.2 cm³/mol. The molecular formula is C14H15FN2O3. The molecule has 1 N–H and O–H groups in total. The number of nitrogens with zero attached hydrogens (tertiary/aromatic N) is 2. The molecule has 0 saturated carbocycles. The van der Waals surface area contributed by atoms with E-state index in [0.29, 0.717) is 0 Å². The van der Waals surface area contributed by atoms with E-state index in [4.69, 9.17) is 9.84 Å². The molecule has 0 fully saturated rings. The number of rotatable bonds is 6. The fraction of sp³-hybridized carbons (Fsp3) is 0.286. The summed E-state index contributed by atoms with van der Waals surface area (Å²) in [6.07, 6.45) is 4.33.